The molecule has 6 nitrogen and oxygen atoms in total. The van der Waals surface area contributed by atoms with Crippen LogP contribution in [0.25, 0.3) is 0 Å². The molecule has 1 amide bonds. The number of carboxylic acid groups (broad SMARTS) is 1. The van der Waals surface area contributed by atoms with Gasteiger partial charge in [-0.1, -0.05) is 24.6 Å². The number of nitrogens with zero attached hydrogens (tertiary/aromatic N) is 2. The van der Waals surface area contributed by atoms with Crippen molar-refractivity contribution in [2.45, 2.75) is 32.9 Å². The smallest absolute Gasteiger partial charge is 0.330 e. The molecule has 0 aliphatic carbocycles. The quantitative estimate of drug-likeness (QED) is 0.836. The van der Waals surface area contributed by atoms with Crippen LogP contribution < -0.4 is 5.32 Å². The molecule has 1 atom stereocenters. The van der Waals surface area contributed by atoms with Crippen LogP contribution in [0, 0.1) is 12.7 Å². The van der Waals surface area contributed by atoms with E-state index >= 15 is 0 Å². The summed E-state index contributed by atoms with van der Waals surface area (Å²) in [5.74, 6) is -2.50. The van der Waals surface area contributed by atoms with E-state index in [2.05, 4.69) is 10.4 Å². The fourth-order valence-corrected chi connectivity index (χ4v) is 2.46. The van der Waals surface area contributed by atoms with Crippen LogP contribution in [0.1, 0.15) is 41.0 Å². The molecular weight excluding hydrogens is 337 g/mol. The molecule has 0 radical (unpaired) electrons. The Balaban J connectivity index is 2.25. The van der Waals surface area contributed by atoms with Gasteiger partial charge in [-0.3, -0.25) is 9.48 Å². The van der Waals surface area contributed by atoms with Gasteiger partial charge in [-0.25, -0.2) is 9.18 Å². The summed E-state index contributed by atoms with van der Waals surface area (Å²) in [7, 11) is 0. The standard InChI is InChI=1S/C16H17ClFN3O3/c1-3-6-21-8-11(9(2)20-21)15(22)19-14(16(23)24)10-4-5-13(18)12(17)7-10/h4-5,7-8,14H,3,6H2,1-2H3,(H,19,22)(H,23,24). The number of carbonyl (C=O) groups excluding carboxylic acids is 1. The lowest BCUT2D eigenvalue weighted by Gasteiger charge is -2.15. The van der Waals surface area contributed by atoms with Crippen molar-refractivity contribution < 1.29 is 19.1 Å². The first-order valence-corrected chi connectivity index (χ1v) is 7.74. The molecule has 1 unspecified atom stereocenters. The second-order valence-corrected chi connectivity index (χ2v) is 5.72. The minimum absolute atomic E-state index is 0.181. The van der Waals surface area contributed by atoms with Gasteiger partial charge < -0.3 is 10.4 Å². The van der Waals surface area contributed by atoms with E-state index in [0.29, 0.717) is 17.8 Å². The number of nitrogens with one attached hydrogen (secondary N) is 1. The normalized spacial score (nSPS) is 12.0. The van der Waals surface area contributed by atoms with Crippen LogP contribution in [0.4, 0.5) is 4.39 Å². The average Bonchev–Trinajstić information content (AvgIpc) is 2.88. The molecule has 1 aromatic carbocycles. The molecule has 0 saturated carbocycles. The summed E-state index contributed by atoms with van der Waals surface area (Å²) in [6.45, 7) is 4.31. The summed E-state index contributed by atoms with van der Waals surface area (Å²) in [6.07, 6.45) is 2.43. The third-order valence-corrected chi connectivity index (χ3v) is 3.73. The molecule has 1 aromatic heterocycles. The Hall–Kier alpha value is -2.41. The first kappa shape index (κ1) is 17.9. The Morgan fingerprint density at radius 1 is 1.46 bits per heavy atom. The largest absolute Gasteiger partial charge is 0.479 e. The Labute approximate surface area is 143 Å². The highest BCUT2D eigenvalue weighted by atomic mass is 35.5. The number of hydrogen-bond acceptors (Lipinski definition) is 3. The zero-order valence-electron chi connectivity index (χ0n) is 13.2. The summed E-state index contributed by atoms with van der Waals surface area (Å²) < 4.78 is 14.9. The summed E-state index contributed by atoms with van der Waals surface area (Å²) in [5, 5.41) is 15.8. The van der Waals surface area contributed by atoms with E-state index in [1.54, 1.807) is 17.8 Å². The van der Waals surface area contributed by atoms with Gasteiger partial charge in [-0.15, -0.1) is 0 Å². The SMILES string of the molecule is CCCn1cc(C(=O)NC(C(=O)O)c2ccc(F)c(Cl)c2)c(C)n1. The molecule has 24 heavy (non-hydrogen) atoms. The van der Waals surface area contributed by atoms with Crippen molar-refractivity contribution >= 4 is 23.5 Å². The van der Waals surface area contributed by atoms with Gasteiger partial charge in [0.25, 0.3) is 5.91 Å². The number of carbonyl (C=O) groups is 2. The van der Waals surface area contributed by atoms with E-state index in [1.807, 2.05) is 6.92 Å². The maximum Gasteiger partial charge on any atom is 0.330 e. The van der Waals surface area contributed by atoms with Gasteiger partial charge in [-0.05, 0) is 31.0 Å². The summed E-state index contributed by atoms with van der Waals surface area (Å²) in [4.78, 5) is 23.9. The number of halogens is 2. The monoisotopic (exact) mass is 353 g/mol. The highest BCUT2D eigenvalue weighted by Gasteiger charge is 2.25. The highest BCUT2D eigenvalue weighted by Crippen LogP contribution is 2.22. The summed E-state index contributed by atoms with van der Waals surface area (Å²) in [6, 6.07) is 2.17. The lowest BCUT2D eigenvalue weighted by molar-refractivity contribution is -0.139. The van der Waals surface area contributed by atoms with Crippen LogP contribution in [0.5, 0.6) is 0 Å². The minimum Gasteiger partial charge on any atom is -0.479 e. The minimum atomic E-state index is -1.34. The van der Waals surface area contributed by atoms with Gasteiger partial charge in [0.2, 0.25) is 0 Å². The lowest BCUT2D eigenvalue weighted by atomic mass is 10.1. The number of aryl methyl sites for hydroxylation is 2. The van der Waals surface area contributed by atoms with Crippen molar-refractivity contribution in [3.8, 4) is 0 Å². The van der Waals surface area contributed by atoms with E-state index in [1.165, 1.54) is 12.1 Å². The zero-order valence-corrected chi connectivity index (χ0v) is 14.0. The molecule has 0 aliphatic rings. The van der Waals surface area contributed by atoms with E-state index < -0.39 is 23.7 Å². The number of carboxylic acids is 1. The van der Waals surface area contributed by atoms with Crippen LogP contribution in [0.2, 0.25) is 5.02 Å². The third kappa shape index (κ3) is 3.91. The number of aliphatic carboxylic acids is 1. The van der Waals surface area contributed by atoms with Gasteiger partial charge in [0, 0.05) is 12.7 Å². The number of benzene rings is 1. The van der Waals surface area contributed by atoms with Crippen molar-refractivity contribution in [3.05, 3.63) is 52.1 Å². The van der Waals surface area contributed by atoms with Crippen molar-refractivity contribution in [2.75, 3.05) is 0 Å². The second kappa shape index (κ2) is 7.44. The first-order valence-electron chi connectivity index (χ1n) is 7.36. The Morgan fingerprint density at radius 2 is 2.17 bits per heavy atom. The van der Waals surface area contributed by atoms with E-state index in [9.17, 15) is 19.1 Å². The van der Waals surface area contributed by atoms with Crippen LogP contribution in [-0.4, -0.2) is 26.8 Å². The molecule has 2 aromatic rings. The maximum absolute atomic E-state index is 13.2. The first-order chi connectivity index (χ1) is 11.3. The molecule has 0 saturated heterocycles. The molecule has 2 rings (SSSR count). The van der Waals surface area contributed by atoms with E-state index in [0.717, 1.165) is 12.5 Å². The van der Waals surface area contributed by atoms with Crippen LogP contribution in [0.3, 0.4) is 0 Å². The molecule has 2 N–H and O–H groups in total. The van der Waals surface area contributed by atoms with Crippen LogP contribution in [-0.2, 0) is 11.3 Å². The molecule has 0 aliphatic heterocycles. The van der Waals surface area contributed by atoms with E-state index in [-0.39, 0.29) is 10.6 Å². The van der Waals surface area contributed by atoms with Crippen molar-refractivity contribution in [2.24, 2.45) is 0 Å². The molecule has 0 bridgehead atoms. The number of amides is 1. The number of hydrogen-bond donors (Lipinski definition) is 2. The predicted molar refractivity (Wildman–Crippen MR) is 86.5 cm³/mol. The molecular formula is C16H17ClFN3O3. The molecule has 8 heteroatoms. The van der Waals surface area contributed by atoms with Gasteiger partial charge in [0.05, 0.1) is 16.3 Å². The number of aromatic nitrogens is 2. The Bertz CT molecular complexity index is 776. The molecule has 1 heterocycles. The number of rotatable bonds is 6. The Morgan fingerprint density at radius 3 is 2.75 bits per heavy atom. The fourth-order valence-electron chi connectivity index (χ4n) is 2.27. The van der Waals surface area contributed by atoms with Crippen molar-refractivity contribution in [1.29, 1.82) is 0 Å². The van der Waals surface area contributed by atoms with Crippen molar-refractivity contribution in [3.63, 3.8) is 0 Å². The van der Waals surface area contributed by atoms with Gasteiger partial charge >= 0.3 is 5.97 Å². The topological polar surface area (TPSA) is 84.2 Å². The van der Waals surface area contributed by atoms with Crippen molar-refractivity contribution in [1.82, 2.24) is 15.1 Å². The average molecular weight is 354 g/mol. The van der Waals surface area contributed by atoms with E-state index in [4.69, 9.17) is 11.6 Å². The van der Waals surface area contributed by atoms with Crippen LogP contribution in [0.15, 0.2) is 24.4 Å². The zero-order chi connectivity index (χ0) is 17.9. The lowest BCUT2D eigenvalue weighted by Crippen LogP contribution is -2.34. The third-order valence-electron chi connectivity index (χ3n) is 3.44. The van der Waals surface area contributed by atoms with Crippen LogP contribution >= 0.6 is 11.6 Å². The molecule has 128 valence electrons. The second-order valence-electron chi connectivity index (χ2n) is 5.31. The highest BCUT2D eigenvalue weighted by molar-refractivity contribution is 6.30. The van der Waals surface area contributed by atoms with Gasteiger partial charge in [-0.2, -0.15) is 5.10 Å². The van der Waals surface area contributed by atoms with Gasteiger partial charge in [0.1, 0.15) is 5.82 Å². The Kier molecular flexibility index (Phi) is 5.56. The summed E-state index contributed by atoms with van der Waals surface area (Å²) >= 11 is 5.69. The maximum atomic E-state index is 13.2. The molecule has 0 fully saturated rings. The predicted octanol–water partition coefficient (Wildman–Crippen LogP) is 2.95. The fraction of sp³-hybridized carbons (Fsp3) is 0.312. The summed E-state index contributed by atoms with van der Waals surface area (Å²) in [5.41, 5.74) is 0.978. The molecule has 0 spiro atoms. The van der Waals surface area contributed by atoms with Gasteiger partial charge in [0.15, 0.2) is 6.04 Å².